The van der Waals surface area contributed by atoms with Crippen LogP contribution in [0, 0.1) is 0 Å². The van der Waals surface area contributed by atoms with Gasteiger partial charge in [-0.05, 0) is 47.7 Å². The van der Waals surface area contributed by atoms with E-state index < -0.39 is 10.0 Å². The number of rotatable bonds is 10. The van der Waals surface area contributed by atoms with Gasteiger partial charge in [-0.3, -0.25) is 4.79 Å². The molecular weight excluding hydrogens is 472 g/mol. The Morgan fingerprint density at radius 1 is 1.06 bits per heavy atom. The van der Waals surface area contributed by atoms with Gasteiger partial charge in [-0.25, -0.2) is 8.42 Å². The maximum atomic E-state index is 12.8. The van der Waals surface area contributed by atoms with Crippen LogP contribution in [0.15, 0.2) is 81.5 Å². The number of carbonyl (C=O) groups is 1. The number of hydrogen-bond donors (Lipinski definition) is 1. The Balaban J connectivity index is 1.27. The van der Waals surface area contributed by atoms with Gasteiger partial charge >= 0.3 is 0 Å². The number of carbonyl (C=O) groups excluding carboxylic acids is 1. The van der Waals surface area contributed by atoms with Crippen molar-refractivity contribution in [2.75, 3.05) is 12.4 Å². The summed E-state index contributed by atoms with van der Waals surface area (Å²) in [6, 6.07) is 19.4. The Morgan fingerprint density at radius 2 is 1.82 bits per heavy atom. The number of aryl methyl sites for hydroxylation is 1. The molecule has 1 amide bonds. The number of aromatic nitrogens is 2. The summed E-state index contributed by atoms with van der Waals surface area (Å²) in [4.78, 5) is 17.7. The Hall–Kier alpha value is -3.34. The first-order chi connectivity index (χ1) is 16.4. The molecule has 0 bridgehead atoms. The number of anilines is 1. The Morgan fingerprint density at radius 3 is 2.53 bits per heavy atom. The molecule has 0 atom stereocenters. The molecule has 8 nitrogen and oxygen atoms in total. The van der Waals surface area contributed by atoms with E-state index in [1.807, 2.05) is 47.8 Å². The van der Waals surface area contributed by atoms with Gasteiger partial charge in [0.2, 0.25) is 27.6 Å². The minimum absolute atomic E-state index is 0.168. The van der Waals surface area contributed by atoms with Crippen molar-refractivity contribution in [1.29, 1.82) is 0 Å². The first-order valence-corrected chi connectivity index (χ1v) is 13.0. The van der Waals surface area contributed by atoms with E-state index >= 15 is 0 Å². The minimum Gasteiger partial charge on any atom is -0.339 e. The molecule has 2 aromatic heterocycles. The summed E-state index contributed by atoms with van der Waals surface area (Å²) in [5, 5.41) is 8.70. The standard InChI is InChI=1S/C24H24N4O4S2/c1-28(17-18-7-3-2-4-8-18)34(30,31)20-14-12-19(13-15-20)25-22(29)10-5-11-23-26-24(27-32-23)21-9-6-16-33-21/h2-4,6-9,12-16H,5,10-11,17H2,1H3,(H,25,29). The van der Waals surface area contributed by atoms with Crippen LogP contribution >= 0.6 is 11.3 Å². The first-order valence-electron chi connectivity index (χ1n) is 10.7. The molecule has 1 N–H and O–H groups in total. The van der Waals surface area contributed by atoms with Gasteiger partial charge < -0.3 is 9.84 Å². The third kappa shape index (κ3) is 5.96. The van der Waals surface area contributed by atoms with Crippen molar-refractivity contribution in [3.63, 3.8) is 0 Å². The van der Waals surface area contributed by atoms with Gasteiger partial charge in [0.25, 0.3) is 0 Å². The molecular formula is C24H24N4O4S2. The second kappa shape index (κ2) is 10.7. The summed E-state index contributed by atoms with van der Waals surface area (Å²) in [6.45, 7) is 0.274. The van der Waals surface area contributed by atoms with Crippen molar-refractivity contribution in [2.45, 2.75) is 30.7 Å². The highest BCUT2D eigenvalue weighted by Gasteiger charge is 2.21. The third-order valence-electron chi connectivity index (χ3n) is 5.10. The van der Waals surface area contributed by atoms with Crippen LogP contribution in [0.25, 0.3) is 10.7 Å². The van der Waals surface area contributed by atoms with Crippen molar-refractivity contribution in [3.8, 4) is 10.7 Å². The summed E-state index contributed by atoms with van der Waals surface area (Å²) in [7, 11) is -2.10. The van der Waals surface area contributed by atoms with E-state index in [4.69, 9.17) is 4.52 Å². The Bertz CT molecular complexity index is 1320. The fraction of sp³-hybridized carbons (Fsp3) is 0.208. The topological polar surface area (TPSA) is 105 Å². The number of sulfonamides is 1. The van der Waals surface area contributed by atoms with Gasteiger partial charge in [0.15, 0.2) is 0 Å². The first kappa shape index (κ1) is 23.8. The molecule has 2 heterocycles. The van der Waals surface area contributed by atoms with Gasteiger partial charge in [-0.15, -0.1) is 11.3 Å². The molecule has 0 saturated heterocycles. The molecule has 4 aromatic rings. The molecule has 34 heavy (non-hydrogen) atoms. The van der Waals surface area contributed by atoms with Crippen molar-refractivity contribution >= 4 is 33.0 Å². The Labute approximate surface area is 202 Å². The van der Waals surface area contributed by atoms with Gasteiger partial charge in [0.05, 0.1) is 9.77 Å². The smallest absolute Gasteiger partial charge is 0.243 e. The molecule has 0 unspecified atom stereocenters. The molecule has 0 aliphatic heterocycles. The summed E-state index contributed by atoms with van der Waals surface area (Å²) < 4.78 is 32.2. The number of amides is 1. The highest BCUT2D eigenvalue weighted by Crippen LogP contribution is 2.22. The fourth-order valence-electron chi connectivity index (χ4n) is 3.30. The number of nitrogens with zero attached hydrogens (tertiary/aromatic N) is 3. The van der Waals surface area contributed by atoms with Crippen LogP contribution in [-0.2, 0) is 27.8 Å². The molecule has 2 aromatic carbocycles. The third-order valence-corrected chi connectivity index (χ3v) is 7.78. The molecule has 0 radical (unpaired) electrons. The van der Waals surface area contributed by atoms with Crippen molar-refractivity contribution in [3.05, 3.63) is 83.6 Å². The zero-order chi connectivity index (χ0) is 24.0. The lowest BCUT2D eigenvalue weighted by atomic mass is 10.2. The predicted octanol–water partition coefficient (Wildman–Crippen LogP) is 4.58. The fourth-order valence-corrected chi connectivity index (χ4v) is 5.11. The number of hydrogen-bond acceptors (Lipinski definition) is 7. The van der Waals surface area contributed by atoms with Crippen LogP contribution in [0.5, 0.6) is 0 Å². The van der Waals surface area contributed by atoms with Crippen molar-refractivity contribution in [2.24, 2.45) is 0 Å². The van der Waals surface area contributed by atoms with Crippen LogP contribution in [0.2, 0.25) is 0 Å². The van der Waals surface area contributed by atoms with E-state index in [1.165, 1.54) is 27.8 Å². The summed E-state index contributed by atoms with van der Waals surface area (Å²) >= 11 is 1.53. The molecule has 0 fully saturated rings. The van der Waals surface area contributed by atoms with Crippen molar-refractivity contribution in [1.82, 2.24) is 14.4 Å². The number of thiophene rings is 1. The van der Waals surface area contributed by atoms with Crippen LogP contribution < -0.4 is 5.32 Å². The largest absolute Gasteiger partial charge is 0.339 e. The second-order valence-corrected chi connectivity index (χ2v) is 10.7. The monoisotopic (exact) mass is 496 g/mol. The van der Waals surface area contributed by atoms with E-state index in [9.17, 15) is 13.2 Å². The maximum Gasteiger partial charge on any atom is 0.243 e. The molecule has 0 aliphatic rings. The van der Waals surface area contributed by atoms with Crippen molar-refractivity contribution < 1.29 is 17.7 Å². The zero-order valence-corrected chi connectivity index (χ0v) is 20.2. The average Bonchev–Trinajstić information content (AvgIpc) is 3.52. The predicted molar refractivity (Wildman–Crippen MR) is 131 cm³/mol. The lowest BCUT2D eigenvalue weighted by Gasteiger charge is -2.17. The molecule has 10 heteroatoms. The maximum absolute atomic E-state index is 12.8. The average molecular weight is 497 g/mol. The summed E-state index contributed by atoms with van der Waals surface area (Å²) in [5.74, 6) is 0.874. The van der Waals surface area contributed by atoms with E-state index in [1.54, 1.807) is 19.2 Å². The summed E-state index contributed by atoms with van der Waals surface area (Å²) in [5.41, 5.74) is 1.44. The normalized spacial score (nSPS) is 11.6. The minimum atomic E-state index is -3.64. The van der Waals surface area contributed by atoms with Crippen LogP contribution in [0.3, 0.4) is 0 Å². The van der Waals surface area contributed by atoms with E-state index in [2.05, 4.69) is 15.5 Å². The highest BCUT2D eigenvalue weighted by atomic mass is 32.2. The van der Waals surface area contributed by atoms with Gasteiger partial charge in [0.1, 0.15) is 0 Å². The lowest BCUT2D eigenvalue weighted by molar-refractivity contribution is -0.116. The quantitative estimate of drug-likeness (QED) is 0.345. The molecule has 0 saturated carbocycles. The highest BCUT2D eigenvalue weighted by molar-refractivity contribution is 7.89. The second-order valence-electron chi connectivity index (χ2n) is 7.66. The molecule has 0 spiro atoms. The molecule has 0 aliphatic carbocycles. The zero-order valence-electron chi connectivity index (χ0n) is 18.5. The van der Waals surface area contributed by atoms with Crippen LogP contribution in [-0.4, -0.2) is 35.8 Å². The lowest BCUT2D eigenvalue weighted by Crippen LogP contribution is -2.26. The Kier molecular flexibility index (Phi) is 7.51. The molecule has 4 rings (SSSR count). The summed E-state index contributed by atoms with van der Waals surface area (Å²) in [6.07, 6.45) is 1.32. The van der Waals surface area contributed by atoms with Gasteiger partial charge in [-0.1, -0.05) is 41.6 Å². The number of nitrogens with one attached hydrogen (secondary N) is 1. The van der Waals surface area contributed by atoms with Crippen LogP contribution in [0.1, 0.15) is 24.3 Å². The van der Waals surface area contributed by atoms with E-state index in [0.717, 1.165) is 10.4 Å². The van der Waals surface area contributed by atoms with Gasteiger partial charge in [-0.2, -0.15) is 9.29 Å². The SMILES string of the molecule is CN(Cc1ccccc1)S(=O)(=O)c1ccc(NC(=O)CCCc2nc(-c3cccs3)no2)cc1. The van der Waals surface area contributed by atoms with E-state index in [0.29, 0.717) is 30.2 Å². The molecule has 176 valence electrons. The number of benzene rings is 2. The van der Waals surface area contributed by atoms with Gasteiger partial charge in [0, 0.05) is 32.1 Å². The van der Waals surface area contributed by atoms with Crippen LogP contribution in [0.4, 0.5) is 5.69 Å². The van der Waals surface area contributed by atoms with E-state index in [-0.39, 0.29) is 23.8 Å².